The van der Waals surface area contributed by atoms with E-state index in [0.717, 1.165) is 0 Å². The molecule has 0 spiro atoms. The average Bonchev–Trinajstić information content (AvgIpc) is 2.20. The fourth-order valence-corrected chi connectivity index (χ4v) is 1.42. The second-order valence-electron chi connectivity index (χ2n) is 3.35. The number of carbonyl (C=O) groups is 3. The molecule has 3 N–H and O–H groups in total. The van der Waals surface area contributed by atoms with Crippen molar-refractivity contribution in [3.05, 3.63) is 23.8 Å². The lowest BCUT2D eigenvalue weighted by Gasteiger charge is -2.21. The summed E-state index contributed by atoms with van der Waals surface area (Å²) in [7, 11) is 0. The molecule has 1 aliphatic rings. The minimum Gasteiger partial charge on any atom is -0.478 e. The van der Waals surface area contributed by atoms with Crippen molar-refractivity contribution in [3.63, 3.8) is 0 Å². The van der Waals surface area contributed by atoms with Gasteiger partial charge in [0.1, 0.15) is 0 Å². The third-order valence-corrected chi connectivity index (χ3v) is 2.26. The summed E-state index contributed by atoms with van der Waals surface area (Å²) in [6.45, 7) is 0. The Hall–Kier alpha value is -1.95. The monoisotopic (exact) mass is 226 g/mol. The molecule has 0 aliphatic heterocycles. The first-order valence-electron chi connectivity index (χ1n) is 4.49. The van der Waals surface area contributed by atoms with Crippen LogP contribution >= 0.6 is 0 Å². The summed E-state index contributed by atoms with van der Waals surface area (Å²) in [5, 5.41) is 26.7. The van der Waals surface area contributed by atoms with Crippen LogP contribution in [0, 0.1) is 5.92 Å². The molecule has 0 aromatic rings. The van der Waals surface area contributed by atoms with Gasteiger partial charge in [0.15, 0.2) is 0 Å². The number of allylic oxidation sites excluding steroid dienone is 2. The van der Waals surface area contributed by atoms with Gasteiger partial charge in [0.2, 0.25) is 5.78 Å². The summed E-state index contributed by atoms with van der Waals surface area (Å²) in [6.07, 6.45) is 2.24. The Labute approximate surface area is 90.5 Å². The lowest BCUT2D eigenvalue weighted by molar-refractivity contribution is -0.149. The van der Waals surface area contributed by atoms with Gasteiger partial charge in [-0.05, 0) is 6.08 Å². The maximum Gasteiger partial charge on any atom is 0.372 e. The van der Waals surface area contributed by atoms with E-state index >= 15 is 0 Å². The summed E-state index contributed by atoms with van der Waals surface area (Å²) in [5.41, 5.74) is -0.245. The number of rotatable bonds is 4. The van der Waals surface area contributed by atoms with Crippen molar-refractivity contribution < 1.29 is 29.7 Å². The van der Waals surface area contributed by atoms with Crippen LogP contribution in [-0.2, 0) is 14.4 Å². The number of carboxylic acids is 2. The van der Waals surface area contributed by atoms with Gasteiger partial charge in [0, 0.05) is 12.3 Å². The normalized spacial score (nSPS) is 23.7. The SMILES string of the molecule is O=C(O)C(=O)C[C@@H]1C=CC=C(C(=O)O)[C@H]1O. The maximum absolute atomic E-state index is 10.9. The summed E-state index contributed by atoms with van der Waals surface area (Å²) in [6, 6.07) is 0. The van der Waals surface area contributed by atoms with Crippen LogP contribution in [0.5, 0.6) is 0 Å². The van der Waals surface area contributed by atoms with Crippen molar-refractivity contribution in [2.45, 2.75) is 12.5 Å². The highest BCUT2D eigenvalue weighted by molar-refractivity contribution is 6.32. The first kappa shape index (κ1) is 12.1. The zero-order valence-corrected chi connectivity index (χ0v) is 8.16. The highest BCUT2D eigenvalue weighted by atomic mass is 16.4. The van der Waals surface area contributed by atoms with Crippen molar-refractivity contribution in [1.29, 1.82) is 0 Å². The number of aliphatic hydroxyl groups is 1. The van der Waals surface area contributed by atoms with Crippen LogP contribution in [0.3, 0.4) is 0 Å². The number of Topliss-reactive ketones (excluding diaryl/α,β-unsaturated/α-hetero) is 1. The molecule has 0 saturated carbocycles. The molecule has 6 nitrogen and oxygen atoms in total. The Morgan fingerprint density at radius 2 is 1.88 bits per heavy atom. The molecule has 0 heterocycles. The molecule has 0 aromatic carbocycles. The Balaban J connectivity index is 2.76. The van der Waals surface area contributed by atoms with Crippen LogP contribution < -0.4 is 0 Å². The van der Waals surface area contributed by atoms with E-state index in [-0.39, 0.29) is 5.57 Å². The van der Waals surface area contributed by atoms with E-state index in [0.29, 0.717) is 0 Å². The molecule has 0 aromatic heterocycles. The van der Waals surface area contributed by atoms with Gasteiger partial charge < -0.3 is 15.3 Å². The van der Waals surface area contributed by atoms with Gasteiger partial charge in [-0.2, -0.15) is 0 Å². The Morgan fingerprint density at radius 1 is 1.25 bits per heavy atom. The van der Waals surface area contributed by atoms with Gasteiger partial charge in [-0.3, -0.25) is 4.79 Å². The van der Waals surface area contributed by atoms with E-state index in [2.05, 4.69) is 0 Å². The third-order valence-electron chi connectivity index (χ3n) is 2.26. The second kappa shape index (κ2) is 4.71. The Morgan fingerprint density at radius 3 is 2.38 bits per heavy atom. The highest BCUT2D eigenvalue weighted by Gasteiger charge is 2.30. The van der Waals surface area contributed by atoms with Gasteiger partial charge in [-0.15, -0.1) is 0 Å². The van der Waals surface area contributed by atoms with Crippen LogP contribution in [0.4, 0.5) is 0 Å². The maximum atomic E-state index is 10.9. The van der Waals surface area contributed by atoms with Crippen molar-refractivity contribution in [2.24, 2.45) is 5.92 Å². The molecule has 0 bridgehead atoms. The first-order valence-corrected chi connectivity index (χ1v) is 4.49. The predicted molar refractivity (Wildman–Crippen MR) is 51.6 cm³/mol. The summed E-state index contributed by atoms with van der Waals surface area (Å²) in [5.74, 6) is -4.74. The predicted octanol–water partition coefficient (Wildman–Crippen LogP) is -0.412. The van der Waals surface area contributed by atoms with Gasteiger partial charge >= 0.3 is 11.9 Å². The number of aliphatic carboxylic acids is 2. The number of hydrogen-bond acceptors (Lipinski definition) is 4. The van der Waals surface area contributed by atoms with E-state index in [1.807, 2.05) is 0 Å². The molecule has 0 fully saturated rings. The largest absolute Gasteiger partial charge is 0.478 e. The molecule has 0 radical (unpaired) electrons. The zero-order valence-electron chi connectivity index (χ0n) is 8.16. The third kappa shape index (κ3) is 2.54. The minimum atomic E-state index is -1.59. The van der Waals surface area contributed by atoms with E-state index in [4.69, 9.17) is 10.2 Å². The second-order valence-corrected chi connectivity index (χ2v) is 3.35. The molecule has 1 rings (SSSR count). The number of aliphatic hydroxyl groups excluding tert-OH is 1. The summed E-state index contributed by atoms with van der Waals surface area (Å²) < 4.78 is 0. The number of ketones is 1. The van der Waals surface area contributed by atoms with Crippen LogP contribution in [0.15, 0.2) is 23.8 Å². The molecule has 1 aliphatic carbocycles. The molecule has 6 heteroatoms. The molecule has 0 amide bonds. The van der Waals surface area contributed by atoms with Crippen molar-refractivity contribution in [3.8, 4) is 0 Å². The van der Waals surface area contributed by atoms with Gasteiger partial charge in [-0.25, -0.2) is 9.59 Å². The van der Waals surface area contributed by atoms with E-state index in [9.17, 15) is 19.5 Å². The summed E-state index contributed by atoms with van der Waals surface area (Å²) in [4.78, 5) is 31.9. The fraction of sp³-hybridized carbons (Fsp3) is 0.300. The summed E-state index contributed by atoms with van der Waals surface area (Å²) >= 11 is 0. The minimum absolute atomic E-state index is 0.245. The highest BCUT2D eigenvalue weighted by Crippen LogP contribution is 2.22. The lowest BCUT2D eigenvalue weighted by atomic mass is 9.87. The van der Waals surface area contributed by atoms with Gasteiger partial charge in [0.25, 0.3) is 0 Å². The molecular formula is C10H10O6. The number of carboxylic acid groups (broad SMARTS) is 2. The molecular weight excluding hydrogens is 216 g/mol. The first-order chi connectivity index (χ1) is 7.43. The Bertz CT molecular complexity index is 392. The van der Waals surface area contributed by atoms with Crippen LogP contribution in [-0.4, -0.2) is 39.1 Å². The Kier molecular flexibility index (Phi) is 3.57. The van der Waals surface area contributed by atoms with Crippen molar-refractivity contribution in [2.75, 3.05) is 0 Å². The van der Waals surface area contributed by atoms with E-state index in [1.165, 1.54) is 18.2 Å². The number of carbonyl (C=O) groups excluding carboxylic acids is 1. The molecule has 2 atom stereocenters. The average molecular weight is 226 g/mol. The molecule has 0 saturated heterocycles. The van der Waals surface area contributed by atoms with Crippen LogP contribution in [0.25, 0.3) is 0 Å². The molecule has 16 heavy (non-hydrogen) atoms. The molecule has 86 valence electrons. The van der Waals surface area contributed by atoms with Gasteiger partial charge in [-0.1, -0.05) is 12.2 Å². The smallest absolute Gasteiger partial charge is 0.372 e. The standard InChI is InChI=1S/C10H10O6/c11-7(10(15)16)4-5-2-1-3-6(8(5)12)9(13)14/h1-3,5,8,12H,4H2,(H,13,14)(H,15,16)/t5-,8-/m0/s1. The lowest BCUT2D eigenvalue weighted by Crippen LogP contribution is -2.30. The molecule has 0 unspecified atom stereocenters. The topological polar surface area (TPSA) is 112 Å². The van der Waals surface area contributed by atoms with Crippen molar-refractivity contribution >= 4 is 17.7 Å². The van der Waals surface area contributed by atoms with Crippen molar-refractivity contribution in [1.82, 2.24) is 0 Å². The quantitative estimate of drug-likeness (QED) is 0.562. The van der Waals surface area contributed by atoms with E-state index in [1.54, 1.807) is 0 Å². The van der Waals surface area contributed by atoms with Crippen LogP contribution in [0.1, 0.15) is 6.42 Å². The number of hydrogen-bond donors (Lipinski definition) is 3. The van der Waals surface area contributed by atoms with Gasteiger partial charge in [0.05, 0.1) is 11.7 Å². The van der Waals surface area contributed by atoms with E-state index < -0.39 is 36.2 Å². The van der Waals surface area contributed by atoms with Crippen LogP contribution in [0.2, 0.25) is 0 Å². The fourth-order valence-electron chi connectivity index (χ4n) is 1.42. The zero-order chi connectivity index (χ0) is 12.3.